The molecule has 3 aromatic rings. The van der Waals surface area contributed by atoms with Crippen LogP contribution < -0.4 is 15.4 Å². The molecule has 0 unspecified atom stereocenters. The average Bonchev–Trinajstić information content (AvgIpc) is 2.69. The maximum Gasteiger partial charge on any atom is 0.259 e. The summed E-state index contributed by atoms with van der Waals surface area (Å²) in [5.41, 5.74) is 2.06. The molecule has 2 N–H and O–H groups in total. The fourth-order valence-corrected chi connectivity index (χ4v) is 2.88. The number of halogens is 1. The molecule has 0 aliphatic carbocycles. The Balaban J connectivity index is 1.77. The zero-order chi connectivity index (χ0) is 19.2. The van der Waals surface area contributed by atoms with Crippen LogP contribution in [0.4, 0.5) is 11.4 Å². The maximum atomic E-state index is 12.6. The second-order valence-electron chi connectivity index (χ2n) is 5.70. The lowest BCUT2D eigenvalue weighted by Gasteiger charge is -2.11. The van der Waals surface area contributed by atoms with E-state index in [1.807, 2.05) is 30.3 Å². The number of carbonyl (C=O) groups excluding carboxylic acids is 2. The fourth-order valence-electron chi connectivity index (χ4n) is 2.52. The van der Waals surface area contributed by atoms with E-state index in [4.69, 9.17) is 4.74 Å². The van der Waals surface area contributed by atoms with Gasteiger partial charge in [-0.1, -0.05) is 40.2 Å². The van der Waals surface area contributed by atoms with Crippen molar-refractivity contribution in [1.82, 2.24) is 0 Å². The highest BCUT2D eigenvalue weighted by molar-refractivity contribution is 9.10. The van der Waals surface area contributed by atoms with Gasteiger partial charge in [-0.3, -0.25) is 9.59 Å². The molecule has 0 atom stereocenters. The van der Waals surface area contributed by atoms with Gasteiger partial charge in [-0.15, -0.1) is 0 Å². The van der Waals surface area contributed by atoms with E-state index in [9.17, 15) is 9.59 Å². The molecule has 2 amide bonds. The number of amides is 2. The Bertz CT molecular complexity index is 974. The van der Waals surface area contributed by atoms with Gasteiger partial charge in [-0.05, 0) is 48.5 Å². The summed E-state index contributed by atoms with van der Waals surface area (Å²) in [6.45, 7) is 0. The van der Waals surface area contributed by atoms with Gasteiger partial charge in [0, 0.05) is 21.4 Å². The molecule has 3 rings (SSSR count). The number of hydrogen-bond donors (Lipinski definition) is 2. The number of hydrogen-bond acceptors (Lipinski definition) is 3. The lowest BCUT2D eigenvalue weighted by atomic mass is 10.1. The van der Waals surface area contributed by atoms with E-state index < -0.39 is 0 Å². The largest absolute Gasteiger partial charge is 0.496 e. The molecule has 136 valence electrons. The molecule has 6 heteroatoms. The third-order valence-corrected chi connectivity index (χ3v) is 4.31. The molecule has 0 aliphatic rings. The van der Waals surface area contributed by atoms with E-state index in [0.717, 1.165) is 4.47 Å². The smallest absolute Gasteiger partial charge is 0.259 e. The van der Waals surface area contributed by atoms with Crippen LogP contribution in [-0.2, 0) is 0 Å². The molecule has 0 aliphatic heterocycles. The lowest BCUT2D eigenvalue weighted by molar-refractivity contribution is 0.101. The third-order valence-electron chi connectivity index (χ3n) is 3.82. The molecule has 0 saturated heterocycles. The maximum absolute atomic E-state index is 12.6. The van der Waals surface area contributed by atoms with Crippen LogP contribution in [0.3, 0.4) is 0 Å². The van der Waals surface area contributed by atoms with Crippen molar-refractivity contribution in [3.63, 3.8) is 0 Å². The second-order valence-corrected chi connectivity index (χ2v) is 6.62. The standard InChI is InChI=1S/C21H17BrN2O3/c1-27-19-11-10-15(22)13-18(19)21(26)24-17-9-5-6-14(12-17)20(25)23-16-7-3-2-4-8-16/h2-13H,1H3,(H,23,25)(H,24,26). The highest BCUT2D eigenvalue weighted by Crippen LogP contribution is 2.24. The van der Waals surface area contributed by atoms with Gasteiger partial charge in [-0.2, -0.15) is 0 Å². The molecule has 0 saturated carbocycles. The molecular formula is C21H17BrN2O3. The van der Waals surface area contributed by atoms with Crippen molar-refractivity contribution in [3.05, 3.63) is 88.4 Å². The number of rotatable bonds is 5. The van der Waals surface area contributed by atoms with E-state index in [-0.39, 0.29) is 11.8 Å². The molecule has 0 heterocycles. The lowest BCUT2D eigenvalue weighted by Crippen LogP contribution is -2.15. The highest BCUT2D eigenvalue weighted by atomic mass is 79.9. The van der Waals surface area contributed by atoms with Crippen LogP contribution in [0.25, 0.3) is 0 Å². The van der Waals surface area contributed by atoms with Gasteiger partial charge in [0.05, 0.1) is 12.7 Å². The number of methoxy groups -OCH3 is 1. The Morgan fingerprint density at radius 1 is 0.815 bits per heavy atom. The molecule has 27 heavy (non-hydrogen) atoms. The Labute approximate surface area is 165 Å². The van der Waals surface area contributed by atoms with Gasteiger partial charge in [0.15, 0.2) is 0 Å². The van der Waals surface area contributed by atoms with Gasteiger partial charge in [0.2, 0.25) is 0 Å². The summed E-state index contributed by atoms with van der Waals surface area (Å²) in [6.07, 6.45) is 0. The molecule has 0 bridgehead atoms. The number of benzene rings is 3. The molecule has 5 nitrogen and oxygen atoms in total. The Morgan fingerprint density at radius 3 is 2.26 bits per heavy atom. The summed E-state index contributed by atoms with van der Waals surface area (Å²) in [6, 6.07) is 21.1. The number of carbonyl (C=O) groups is 2. The fraction of sp³-hybridized carbons (Fsp3) is 0.0476. The van der Waals surface area contributed by atoms with Crippen molar-refractivity contribution in [2.24, 2.45) is 0 Å². The van der Waals surface area contributed by atoms with Crippen molar-refractivity contribution in [3.8, 4) is 5.75 Å². The topological polar surface area (TPSA) is 67.4 Å². The normalized spacial score (nSPS) is 10.1. The number of anilines is 2. The molecule has 0 aromatic heterocycles. The number of nitrogens with one attached hydrogen (secondary N) is 2. The van der Waals surface area contributed by atoms with Crippen LogP contribution in [0, 0.1) is 0 Å². The SMILES string of the molecule is COc1ccc(Br)cc1C(=O)Nc1cccc(C(=O)Nc2ccccc2)c1. The predicted molar refractivity (Wildman–Crippen MR) is 109 cm³/mol. The van der Waals surface area contributed by atoms with Gasteiger partial charge < -0.3 is 15.4 Å². The Hall–Kier alpha value is -3.12. The van der Waals surface area contributed by atoms with E-state index >= 15 is 0 Å². The van der Waals surface area contributed by atoms with Crippen LogP contribution in [0.1, 0.15) is 20.7 Å². The zero-order valence-electron chi connectivity index (χ0n) is 14.5. The summed E-state index contributed by atoms with van der Waals surface area (Å²) in [4.78, 5) is 25.0. The molecular weight excluding hydrogens is 408 g/mol. The third kappa shape index (κ3) is 4.74. The van der Waals surface area contributed by atoms with Gasteiger partial charge >= 0.3 is 0 Å². The van der Waals surface area contributed by atoms with Crippen molar-refractivity contribution in [1.29, 1.82) is 0 Å². The van der Waals surface area contributed by atoms with Crippen molar-refractivity contribution < 1.29 is 14.3 Å². The van der Waals surface area contributed by atoms with Crippen molar-refractivity contribution >= 4 is 39.1 Å². The summed E-state index contributed by atoms with van der Waals surface area (Å²) in [7, 11) is 1.51. The number of ether oxygens (including phenoxy) is 1. The summed E-state index contributed by atoms with van der Waals surface area (Å²) < 4.78 is 6.01. The van der Waals surface area contributed by atoms with Gasteiger partial charge in [-0.25, -0.2) is 0 Å². The van der Waals surface area contributed by atoms with E-state index in [1.165, 1.54) is 7.11 Å². The molecule has 3 aromatic carbocycles. The zero-order valence-corrected chi connectivity index (χ0v) is 16.1. The Morgan fingerprint density at radius 2 is 1.52 bits per heavy atom. The molecule has 0 spiro atoms. The quantitative estimate of drug-likeness (QED) is 0.607. The molecule has 0 fully saturated rings. The van der Waals surface area contributed by atoms with Crippen LogP contribution in [0.5, 0.6) is 5.75 Å². The minimum Gasteiger partial charge on any atom is -0.496 e. The monoisotopic (exact) mass is 424 g/mol. The van der Waals surface area contributed by atoms with E-state index in [0.29, 0.717) is 28.3 Å². The molecule has 0 radical (unpaired) electrons. The summed E-state index contributed by atoms with van der Waals surface area (Å²) in [5, 5.41) is 5.62. The minimum absolute atomic E-state index is 0.252. The van der Waals surface area contributed by atoms with Crippen LogP contribution in [0.2, 0.25) is 0 Å². The van der Waals surface area contributed by atoms with Crippen molar-refractivity contribution in [2.45, 2.75) is 0 Å². The Kier molecular flexibility index (Phi) is 5.88. The second kappa shape index (κ2) is 8.51. The van der Waals surface area contributed by atoms with Gasteiger partial charge in [0.25, 0.3) is 11.8 Å². The van der Waals surface area contributed by atoms with Crippen LogP contribution in [0.15, 0.2) is 77.3 Å². The first-order valence-electron chi connectivity index (χ1n) is 8.18. The summed E-state index contributed by atoms with van der Waals surface area (Å²) >= 11 is 3.35. The minimum atomic E-state index is -0.325. The van der Waals surface area contributed by atoms with Gasteiger partial charge in [0.1, 0.15) is 5.75 Å². The first kappa shape index (κ1) is 18.7. The highest BCUT2D eigenvalue weighted by Gasteiger charge is 2.14. The van der Waals surface area contributed by atoms with Crippen LogP contribution in [-0.4, -0.2) is 18.9 Å². The average molecular weight is 425 g/mol. The summed E-state index contributed by atoms with van der Waals surface area (Å²) in [5.74, 6) is -0.111. The first-order valence-corrected chi connectivity index (χ1v) is 8.97. The van der Waals surface area contributed by atoms with Crippen molar-refractivity contribution in [2.75, 3.05) is 17.7 Å². The number of para-hydroxylation sites is 1. The van der Waals surface area contributed by atoms with E-state index in [1.54, 1.807) is 42.5 Å². The van der Waals surface area contributed by atoms with E-state index in [2.05, 4.69) is 26.6 Å². The first-order chi connectivity index (χ1) is 13.1. The predicted octanol–water partition coefficient (Wildman–Crippen LogP) is 4.96. The van der Waals surface area contributed by atoms with Crippen LogP contribution >= 0.6 is 15.9 Å².